The number of carbonyl (C=O) groups is 2. The van der Waals surface area contributed by atoms with E-state index in [-0.39, 0.29) is 6.42 Å². The number of hydrogen-bond acceptors (Lipinski definition) is 7. The molecule has 0 aliphatic heterocycles. The van der Waals surface area contributed by atoms with Crippen molar-refractivity contribution >= 4 is 11.9 Å². The molecule has 0 aliphatic rings. The third-order valence-electron chi connectivity index (χ3n) is 8.07. The standard InChI is InChI=1S/C34H67NO7/c1-3-5-7-9-11-13-15-16-17-18-20-22-24-26-30(37)42-28-29(36)31(38)32(39)33(40)34(41)35-27-25-23-21-19-14-12-10-8-6-4-2/h29,31-33,36,38-40H,3-28H2,1-2H3,(H,35,41). The average Bonchev–Trinajstić information content (AvgIpc) is 2.99. The van der Waals surface area contributed by atoms with Crippen LogP contribution >= 0.6 is 0 Å². The second-order valence-corrected chi connectivity index (χ2v) is 12.1. The first-order chi connectivity index (χ1) is 20.3. The van der Waals surface area contributed by atoms with Crippen LogP contribution in [0.1, 0.15) is 168 Å². The first-order valence-electron chi connectivity index (χ1n) is 17.5. The Labute approximate surface area is 257 Å². The van der Waals surface area contributed by atoms with Crippen LogP contribution in [-0.2, 0) is 14.3 Å². The van der Waals surface area contributed by atoms with Crippen molar-refractivity contribution in [1.82, 2.24) is 5.32 Å². The fourth-order valence-corrected chi connectivity index (χ4v) is 5.13. The highest BCUT2D eigenvalue weighted by molar-refractivity contribution is 5.81. The molecule has 42 heavy (non-hydrogen) atoms. The molecule has 8 nitrogen and oxygen atoms in total. The zero-order valence-electron chi connectivity index (χ0n) is 27.2. The van der Waals surface area contributed by atoms with E-state index in [0.717, 1.165) is 32.1 Å². The van der Waals surface area contributed by atoms with Gasteiger partial charge in [0.2, 0.25) is 0 Å². The van der Waals surface area contributed by atoms with Gasteiger partial charge in [-0.15, -0.1) is 0 Å². The van der Waals surface area contributed by atoms with E-state index >= 15 is 0 Å². The van der Waals surface area contributed by atoms with Crippen molar-refractivity contribution in [3.05, 3.63) is 0 Å². The Balaban J connectivity index is 3.80. The first-order valence-corrected chi connectivity index (χ1v) is 17.5. The van der Waals surface area contributed by atoms with Crippen molar-refractivity contribution in [2.24, 2.45) is 0 Å². The van der Waals surface area contributed by atoms with Crippen LogP contribution < -0.4 is 5.32 Å². The molecule has 0 aliphatic carbocycles. The van der Waals surface area contributed by atoms with Gasteiger partial charge in [0.15, 0.2) is 6.10 Å². The van der Waals surface area contributed by atoms with E-state index in [0.29, 0.717) is 13.0 Å². The molecule has 0 saturated heterocycles. The zero-order valence-corrected chi connectivity index (χ0v) is 27.2. The van der Waals surface area contributed by atoms with Gasteiger partial charge in [-0.2, -0.15) is 0 Å². The second-order valence-electron chi connectivity index (χ2n) is 12.1. The number of nitrogens with one attached hydrogen (secondary N) is 1. The molecule has 0 saturated carbocycles. The maximum atomic E-state index is 12.1. The summed E-state index contributed by atoms with van der Waals surface area (Å²) in [4.78, 5) is 24.1. The second kappa shape index (κ2) is 29.8. The number of rotatable bonds is 31. The Morgan fingerprint density at radius 1 is 0.548 bits per heavy atom. The van der Waals surface area contributed by atoms with Crippen molar-refractivity contribution in [1.29, 1.82) is 0 Å². The van der Waals surface area contributed by atoms with Gasteiger partial charge in [0.05, 0.1) is 0 Å². The van der Waals surface area contributed by atoms with Gasteiger partial charge in [-0.25, -0.2) is 0 Å². The molecule has 0 bridgehead atoms. The van der Waals surface area contributed by atoms with Crippen molar-refractivity contribution in [2.45, 2.75) is 192 Å². The Hall–Kier alpha value is -1.22. The molecule has 0 aromatic carbocycles. The summed E-state index contributed by atoms with van der Waals surface area (Å²) in [5, 5.41) is 43.0. The largest absolute Gasteiger partial charge is 0.463 e. The van der Waals surface area contributed by atoms with Crippen LogP contribution in [0.25, 0.3) is 0 Å². The predicted octanol–water partition coefficient (Wildman–Crippen LogP) is 6.49. The first kappa shape index (κ1) is 40.8. The Morgan fingerprint density at radius 2 is 0.929 bits per heavy atom. The molecule has 250 valence electrons. The number of aliphatic hydroxyl groups is 4. The van der Waals surface area contributed by atoms with Crippen LogP contribution in [0.15, 0.2) is 0 Å². The average molecular weight is 602 g/mol. The minimum atomic E-state index is -1.90. The molecular formula is C34H67NO7. The highest BCUT2D eigenvalue weighted by Crippen LogP contribution is 2.14. The third kappa shape index (κ3) is 24.2. The number of esters is 1. The van der Waals surface area contributed by atoms with Crippen molar-refractivity contribution < 1.29 is 34.8 Å². The van der Waals surface area contributed by atoms with Crippen molar-refractivity contribution in [3.63, 3.8) is 0 Å². The van der Waals surface area contributed by atoms with Crippen LogP contribution in [0.2, 0.25) is 0 Å². The van der Waals surface area contributed by atoms with E-state index in [2.05, 4.69) is 19.2 Å². The van der Waals surface area contributed by atoms with Gasteiger partial charge >= 0.3 is 5.97 Å². The lowest BCUT2D eigenvalue weighted by atomic mass is 10.0. The molecule has 0 heterocycles. The number of amides is 1. The van der Waals surface area contributed by atoms with Crippen LogP contribution in [-0.4, -0.2) is 69.9 Å². The SMILES string of the molecule is CCCCCCCCCCCCCCCC(=O)OCC(O)C(O)C(O)C(O)C(=O)NCCCCCCCCCCCC. The lowest BCUT2D eigenvalue weighted by molar-refractivity contribution is -0.159. The molecule has 0 aromatic rings. The Morgan fingerprint density at radius 3 is 1.36 bits per heavy atom. The molecule has 5 N–H and O–H groups in total. The van der Waals surface area contributed by atoms with Gasteiger partial charge in [-0.05, 0) is 12.8 Å². The number of unbranched alkanes of at least 4 members (excludes halogenated alkanes) is 21. The summed E-state index contributed by atoms with van der Waals surface area (Å²) >= 11 is 0. The van der Waals surface area contributed by atoms with Crippen LogP contribution in [0.3, 0.4) is 0 Å². The van der Waals surface area contributed by atoms with Gasteiger partial charge in [-0.1, -0.05) is 149 Å². The fraction of sp³-hybridized carbons (Fsp3) is 0.941. The van der Waals surface area contributed by atoms with Crippen LogP contribution in [0, 0.1) is 0 Å². The summed E-state index contributed by atoms with van der Waals surface area (Å²) < 4.78 is 5.02. The fourth-order valence-electron chi connectivity index (χ4n) is 5.13. The van der Waals surface area contributed by atoms with E-state index < -0.39 is 42.9 Å². The monoisotopic (exact) mass is 601 g/mol. The summed E-state index contributed by atoms with van der Waals surface area (Å²) in [6.07, 6.45) is 20.5. The van der Waals surface area contributed by atoms with Gasteiger partial charge in [0, 0.05) is 13.0 Å². The Bertz CT molecular complexity index is 619. The Kier molecular flexibility index (Phi) is 29.0. The highest BCUT2D eigenvalue weighted by atomic mass is 16.5. The maximum Gasteiger partial charge on any atom is 0.305 e. The predicted molar refractivity (Wildman–Crippen MR) is 170 cm³/mol. The van der Waals surface area contributed by atoms with Gasteiger partial charge in [0.25, 0.3) is 5.91 Å². The van der Waals surface area contributed by atoms with E-state index in [4.69, 9.17) is 4.74 Å². The number of ether oxygens (including phenoxy) is 1. The minimum Gasteiger partial charge on any atom is -0.463 e. The molecule has 1 amide bonds. The quantitative estimate of drug-likeness (QED) is 0.0452. The van der Waals surface area contributed by atoms with Crippen molar-refractivity contribution in [3.8, 4) is 0 Å². The third-order valence-corrected chi connectivity index (χ3v) is 8.07. The number of aliphatic hydroxyl groups excluding tert-OH is 4. The summed E-state index contributed by atoms with van der Waals surface area (Å²) in [7, 11) is 0. The zero-order chi connectivity index (χ0) is 31.3. The van der Waals surface area contributed by atoms with E-state index in [9.17, 15) is 30.0 Å². The molecular weight excluding hydrogens is 534 g/mol. The summed E-state index contributed by atoms with van der Waals surface area (Å²) in [5.74, 6) is -1.28. The molecule has 4 atom stereocenters. The van der Waals surface area contributed by atoms with Crippen molar-refractivity contribution in [2.75, 3.05) is 13.2 Å². The van der Waals surface area contributed by atoms with E-state index in [1.807, 2.05) is 0 Å². The minimum absolute atomic E-state index is 0.229. The van der Waals surface area contributed by atoms with Gasteiger partial charge in [0.1, 0.15) is 24.9 Å². The summed E-state index contributed by atoms with van der Waals surface area (Å²) in [5.41, 5.74) is 0. The number of carbonyl (C=O) groups excluding carboxylic acids is 2. The summed E-state index contributed by atoms with van der Waals surface area (Å²) in [6.45, 7) is 4.31. The molecule has 0 rings (SSSR count). The molecule has 0 aromatic heterocycles. The normalized spacial score (nSPS) is 14.3. The van der Waals surface area contributed by atoms with E-state index in [1.54, 1.807) is 0 Å². The molecule has 4 unspecified atom stereocenters. The van der Waals surface area contributed by atoms with Gasteiger partial charge in [-0.3, -0.25) is 9.59 Å². The van der Waals surface area contributed by atoms with Crippen LogP contribution in [0.4, 0.5) is 0 Å². The van der Waals surface area contributed by atoms with Gasteiger partial charge < -0.3 is 30.5 Å². The lowest BCUT2D eigenvalue weighted by Gasteiger charge is -2.25. The molecule has 0 radical (unpaired) electrons. The lowest BCUT2D eigenvalue weighted by Crippen LogP contribution is -2.52. The number of hydrogen-bond donors (Lipinski definition) is 5. The highest BCUT2D eigenvalue weighted by Gasteiger charge is 2.34. The van der Waals surface area contributed by atoms with E-state index in [1.165, 1.54) is 109 Å². The molecule has 8 heteroatoms. The molecule has 0 spiro atoms. The summed E-state index contributed by atoms with van der Waals surface area (Å²) in [6, 6.07) is 0. The maximum absolute atomic E-state index is 12.1. The topological polar surface area (TPSA) is 136 Å². The molecule has 0 fully saturated rings. The van der Waals surface area contributed by atoms with Crippen LogP contribution in [0.5, 0.6) is 0 Å². The smallest absolute Gasteiger partial charge is 0.305 e.